The molecule has 0 amide bonds. The Morgan fingerprint density at radius 2 is 2.07 bits per heavy atom. The maximum Gasteiger partial charge on any atom is 0.223 e. The lowest BCUT2D eigenvalue weighted by atomic mass is 10.1. The Morgan fingerprint density at radius 3 is 2.85 bits per heavy atom. The van der Waals surface area contributed by atoms with E-state index in [9.17, 15) is 4.39 Å². The van der Waals surface area contributed by atoms with Crippen molar-refractivity contribution in [2.75, 3.05) is 25.5 Å². The predicted octanol–water partition coefficient (Wildman–Crippen LogP) is 3.36. The number of benzene rings is 1. The molecule has 1 fully saturated rings. The van der Waals surface area contributed by atoms with Gasteiger partial charge >= 0.3 is 0 Å². The van der Waals surface area contributed by atoms with Crippen molar-refractivity contribution in [2.45, 2.75) is 25.3 Å². The van der Waals surface area contributed by atoms with Crippen LogP contribution in [0.1, 0.15) is 19.3 Å². The number of hydrogen-bond donors (Lipinski definition) is 1. The van der Waals surface area contributed by atoms with Gasteiger partial charge in [0.1, 0.15) is 5.82 Å². The van der Waals surface area contributed by atoms with Crippen LogP contribution in [0.3, 0.4) is 0 Å². The number of halogens is 1. The quantitative estimate of drug-likeness (QED) is 0.725. The van der Waals surface area contributed by atoms with Gasteiger partial charge < -0.3 is 10.2 Å². The molecule has 6 nitrogen and oxygen atoms in total. The van der Waals surface area contributed by atoms with E-state index < -0.39 is 0 Å². The highest BCUT2D eigenvalue weighted by Gasteiger charge is 2.20. The molecule has 0 spiro atoms. The van der Waals surface area contributed by atoms with Crippen molar-refractivity contribution in [1.29, 1.82) is 0 Å². The van der Waals surface area contributed by atoms with Gasteiger partial charge in [0.15, 0.2) is 0 Å². The standard InChI is InChI=1S/C20H23FN6/c1-26-12-2-3-17(26)8-10-22-20-23-11-9-19(25-20)15-13-24-27(14-15)18-6-4-16(21)5-7-18/h4-7,9,11,13-14,17H,2-3,8,10,12H2,1H3,(H,22,23,25)/t17-/m0/s1. The van der Waals surface area contributed by atoms with Crippen molar-refractivity contribution in [3.05, 3.63) is 54.7 Å². The molecule has 3 heterocycles. The maximum absolute atomic E-state index is 13.1. The molecule has 1 aliphatic heterocycles. The molecule has 1 aromatic carbocycles. The summed E-state index contributed by atoms with van der Waals surface area (Å²) in [5, 5.41) is 7.68. The molecule has 0 saturated carbocycles. The monoisotopic (exact) mass is 366 g/mol. The highest BCUT2D eigenvalue weighted by atomic mass is 19.1. The number of likely N-dealkylation sites (tertiary alicyclic amines) is 1. The van der Waals surface area contributed by atoms with E-state index in [4.69, 9.17) is 0 Å². The van der Waals surface area contributed by atoms with Gasteiger partial charge in [0.25, 0.3) is 0 Å². The van der Waals surface area contributed by atoms with Gasteiger partial charge in [-0.3, -0.25) is 0 Å². The van der Waals surface area contributed by atoms with E-state index in [1.165, 1.54) is 31.5 Å². The molecule has 140 valence electrons. The zero-order valence-electron chi connectivity index (χ0n) is 15.3. The molecule has 4 rings (SSSR count). The van der Waals surface area contributed by atoms with Crippen LogP contribution in [-0.2, 0) is 0 Å². The minimum Gasteiger partial charge on any atom is -0.354 e. The van der Waals surface area contributed by atoms with Crippen molar-refractivity contribution in [3.8, 4) is 16.9 Å². The van der Waals surface area contributed by atoms with Gasteiger partial charge in [0.2, 0.25) is 5.95 Å². The summed E-state index contributed by atoms with van der Waals surface area (Å²) in [7, 11) is 2.19. The van der Waals surface area contributed by atoms with Gasteiger partial charge in [-0.1, -0.05) is 0 Å². The summed E-state index contributed by atoms with van der Waals surface area (Å²) in [6.07, 6.45) is 9.02. The van der Waals surface area contributed by atoms with Crippen LogP contribution in [-0.4, -0.2) is 50.8 Å². The molecule has 3 aromatic rings. The van der Waals surface area contributed by atoms with Crippen LogP contribution < -0.4 is 5.32 Å². The molecule has 1 aliphatic rings. The lowest BCUT2D eigenvalue weighted by Gasteiger charge is -2.19. The van der Waals surface area contributed by atoms with Gasteiger partial charge in [-0.05, 0) is 63.2 Å². The molecule has 0 unspecified atom stereocenters. The van der Waals surface area contributed by atoms with Crippen molar-refractivity contribution in [2.24, 2.45) is 0 Å². The van der Waals surface area contributed by atoms with E-state index in [1.807, 2.05) is 12.3 Å². The van der Waals surface area contributed by atoms with E-state index in [-0.39, 0.29) is 5.82 Å². The first kappa shape index (κ1) is 17.6. The molecule has 1 saturated heterocycles. The third-order valence-corrected chi connectivity index (χ3v) is 5.06. The summed E-state index contributed by atoms with van der Waals surface area (Å²) in [5.74, 6) is 0.365. The third-order valence-electron chi connectivity index (χ3n) is 5.06. The average Bonchev–Trinajstić information content (AvgIpc) is 3.32. The van der Waals surface area contributed by atoms with Crippen LogP contribution in [0.5, 0.6) is 0 Å². The fourth-order valence-electron chi connectivity index (χ4n) is 3.49. The lowest BCUT2D eigenvalue weighted by molar-refractivity contribution is 0.301. The highest BCUT2D eigenvalue weighted by molar-refractivity contribution is 5.58. The third kappa shape index (κ3) is 4.14. The molecule has 0 aliphatic carbocycles. The summed E-state index contributed by atoms with van der Waals surface area (Å²) in [5.41, 5.74) is 2.50. The van der Waals surface area contributed by atoms with Crippen molar-refractivity contribution in [3.63, 3.8) is 0 Å². The normalized spacial score (nSPS) is 17.3. The molecule has 0 radical (unpaired) electrons. The molecule has 27 heavy (non-hydrogen) atoms. The topological polar surface area (TPSA) is 58.9 Å². The second-order valence-electron chi connectivity index (χ2n) is 6.91. The first-order valence-electron chi connectivity index (χ1n) is 9.27. The minimum atomic E-state index is -0.263. The van der Waals surface area contributed by atoms with Crippen molar-refractivity contribution >= 4 is 5.95 Å². The Balaban J connectivity index is 1.42. The Bertz CT molecular complexity index is 891. The average molecular weight is 366 g/mol. The Labute approximate surface area is 158 Å². The maximum atomic E-state index is 13.1. The molecule has 0 bridgehead atoms. The van der Waals surface area contributed by atoms with Gasteiger partial charge in [-0.25, -0.2) is 19.0 Å². The zero-order chi connectivity index (χ0) is 18.6. The molecular weight excluding hydrogens is 343 g/mol. The predicted molar refractivity (Wildman–Crippen MR) is 103 cm³/mol. The Morgan fingerprint density at radius 1 is 1.22 bits per heavy atom. The largest absolute Gasteiger partial charge is 0.354 e. The zero-order valence-corrected chi connectivity index (χ0v) is 15.3. The van der Waals surface area contributed by atoms with Gasteiger partial charge in [-0.15, -0.1) is 0 Å². The van der Waals surface area contributed by atoms with E-state index in [0.717, 1.165) is 29.9 Å². The second-order valence-corrected chi connectivity index (χ2v) is 6.91. The van der Waals surface area contributed by atoms with Crippen LogP contribution in [0.2, 0.25) is 0 Å². The first-order valence-corrected chi connectivity index (χ1v) is 9.27. The number of hydrogen-bond acceptors (Lipinski definition) is 5. The fraction of sp³-hybridized carbons (Fsp3) is 0.350. The summed E-state index contributed by atoms with van der Waals surface area (Å²) in [6.45, 7) is 2.04. The summed E-state index contributed by atoms with van der Waals surface area (Å²) >= 11 is 0. The first-order chi connectivity index (χ1) is 13.2. The number of aromatic nitrogens is 4. The molecule has 1 N–H and O–H groups in total. The number of nitrogens with one attached hydrogen (secondary N) is 1. The van der Waals surface area contributed by atoms with Crippen LogP contribution in [0.4, 0.5) is 10.3 Å². The van der Waals surface area contributed by atoms with E-state index in [2.05, 4.69) is 32.3 Å². The van der Waals surface area contributed by atoms with Gasteiger partial charge in [-0.2, -0.15) is 5.10 Å². The highest BCUT2D eigenvalue weighted by Crippen LogP contribution is 2.20. The fourth-order valence-corrected chi connectivity index (χ4v) is 3.49. The molecule has 1 atom stereocenters. The van der Waals surface area contributed by atoms with Gasteiger partial charge in [0, 0.05) is 30.5 Å². The van der Waals surface area contributed by atoms with Crippen LogP contribution >= 0.6 is 0 Å². The number of anilines is 1. The van der Waals surface area contributed by atoms with Crippen LogP contribution in [0.25, 0.3) is 16.9 Å². The molecule has 2 aromatic heterocycles. The smallest absolute Gasteiger partial charge is 0.223 e. The minimum absolute atomic E-state index is 0.263. The van der Waals surface area contributed by atoms with Crippen molar-refractivity contribution < 1.29 is 4.39 Å². The molecular formula is C20H23FN6. The Kier molecular flexibility index (Phi) is 5.11. The lowest BCUT2D eigenvalue weighted by Crippen LogP contribution is -2.27. The van der Waals surface area contributed by atoms with Gasteiger partial charge in [0.05, 0.1) is 17.6 Å². The van der Waals surface area contributed by atoms with E-state index in [0.29, 0.717) is 12.0 Å². The SMILES string of the molecule is CN1CCC[C@H]1CCNc1nccc(-c2cnn(-c3ccc(F)cc3)c2)n1. The molecule has 7 heteroatoms. The van der Waals surface area contributed by atoms with Crippen LogP contribution in [0.15, 0.2) is 48.9 Å². The van der Waals surface area contributed by atoms with Crippen molar-refractivity contribution in [1.82, 2.24) is 24.6 Å². The van der Waals surface area contributed by atoms with E-state index >= 15 is 0 Å². The summed E-state index contributed by atoms with van der Waals surface area (Å²) < 4.78 is 14.8. The number of rotatable bonds is 6. The Hall–Kier alpha value is -2.80. The summed E-state index contributed by atoms with van der Waals surface area (Å²) in [6, 6.07) is 8.74. The van der Waals surface area contributed by atoms with E-state index in [1.54, 1.807) is 29.2 Å². The second kappa shape index (κ2) is 7.84. The summed E-state index contributed by atoms with van der Waals surface area (Å²) in [4.78, 5) is 11.3. The number of nitrogens with zero attached hydrogens (tertiary/aromatic N) is 5. The van der Waals surface area contributed by atoms with Crippen LogP contribution in [0, 0.1) is 5.82 Å².